The van der Waals surface area contributed by atoms with Crippen molar-refractivity contribution >= 4 is 0 Å². The SMILES string of the molecule is CN1C2CCC1CN(CCNC1CC1)CC2. The van der Waals surface area contributed by atoms with Gasteiger partial charge in [-0.3, -0.25) is 4.90 Å². The molecular weight excluding hydrogens is 198 g/mol. The molecule has 2 aliphatic heterocycles. The van der Waals surface area contributed by atoms with Crippen molar-refractivity contribution in [2.45, 2.75) is 50.2 Å². The third-order valence-electron chi connectivity index (χ3n) is 4.67. The highest BCUT2D eigenvalue weighted by atomic mass is 15.3. The van der Waals surface area contributed by atoms with E-state index in [0.717, 1.165) is 18.1 Å². The highest BCUT2D eigenvalue weighted by molar-refractivity contribution is 4.91. The van der Waals surface area contributed by atoms with Gasteiger partial charge >= 0.3 is 0 Å². The molecule has 1 aliphatic carbocycles. The molecule has 0 radical (unpaired) electrons. The van der Waals surface area contributed by atoms with Crippen molar-refractivity contribution in [3.8, 4) is 0 Å². The maximum atomic E-state index is 3.62. The van der Waals surface area contributed by atoms with Crippen molar-refractivity contribution in [3.05, 3.63) is 0 Å². The lowest BCUT2D eigenvalue weighted by atomic mass is 10.1. The third kappa shape index (κ3) is 2.41. The molecule has 0 aromatic heterocycles. The Hall–Kier alpha value is -0.120. The number of nitrogens with one attached hydrogen (secondary N) is 1. The summed E-state index contributed by atoms with van der Waals surface area (Å²) in [5.74, 6) is 0. The number of likely N-dealkylation sites (N-methyl/N-ethyl adjacent to an activating group) is 1. The van der Waals surface area contributed by atoms with Crippen LogP contribution in [0.15, 0.2) is 0 Å². The van der Waals surface area contributed by atoms with Gasteiger partial charge in [0.1, 0.15) is 0 Å². The van der Waals surface area contributed by atoms with E-state index in [4.69, 9.17) is 0 Å². The number of hydrogen-bond acceptors (Lipinski definition) is 3. The Morgan fingerprint density at radius 1 is 1.06 bits per heavy atom. The predicted molar refractivity (Wildman–Crippen MR) is 66.7 cm³/mol. The van der Waals surface area contributed by atoms with Crippen molar-refractivity contribution in [2.75, 3.05) is 33.2 Å². The molecule has 0 aromatic carbocycles. The van der Waals surface area contributed by atoms with Gasteiger partial charge in [0.2, 0.25) is 0 Å². The lowest BCUT2D eigenvalue weighted by Gasteiger charge is -2.25. The standard InChI is InChI=1S/C13H25N3/c1-15-12-4-5-13(15)10-16(8-6-12)9-7-14-11-2-3-11/h11-14H,2-10H2,1H3. The monoisotopic (exact) mass is 223 g/mol. The Kier molecular flexibility index (Phi) is 3.18. The summed E-state index contributed by atoms with van der Waals surface area (Å²) in [6.07, 6.45) is 7.07. The predicted octanol–water partition coefficient (Wildman–Crippen LogP) is 0.907. The molecule has 0 amide bonds. The number of hydrogen-bond donors (Lipinski definition) is 1. The van der Waals surface area contributed by atoms with Crippen LogP contribution in [0.3, 0.4) is 0 Å². The highest BCUT2D eigenvalue weighted by Gasteiger charge is 2.34. The van der Waals surface area contributed by atoms with E-state index in [-0.39, 0.29) is 0 Å². The first-order valence-electron chi connectivity index (χ1n) is 7.00. The van der Waals surface area contributed by atoms with Crippen LogP contribution in [-0.2, 0) is 0 Å². The number of rotatable bonds is 4. The van der Waals surface area contributed by atoms with Gasteiger partial charge in [-0.25, -0.2) is 0 Å². The van der Waals surface area contributed by atoms with Gasteiger partial charge in [0, 0.05) is 37.8 Å². The van der Waals surface area contributed by atoms with E-state index in [9.17, 15) is 0 Å². The summed E-state index contributed by atoms with van der Waals surface area (Å²) in [5.41, 5.74) is 0. The van der Waals surface area contributed by atoms with Gasteiger partial charge in [-0.05, 0) is 45.7 Å². The van der Waals surface area contributed by atoms with Gasteiger partial charge < -0.3 is 10.2 Å². The quantitative estimate of drug-likeness (QED) is 0.764. The van der Waals surface area contributed by atoms with Crippen molar-refractivity contribution < 1.29 is 0 Å². The van der Waals surface area contributed by atoms with E-state index in [0.29, 0.717) is 0 Å². The zero-order chi connectivity index (χ0) is 11.0. The van der Waals surface area contributed by atoms with Gasteiger partial charge in [-0.15, -0.1) is 0 Å². The van der Waals surface area contributed by atoms with Crippen LogP contribution < -0.4 is 5.32 Å². The average Bonchev–Trinajstić information content (AvgIpc) is 3.00. The summed E-state index contributed by atoms with van der Waals surface area (Å²) in [4.78, 5) is 5.31. The molecule has 16 heavy (non-hydrogen) atoms. The average molecular weight is 223 g/mol. The summed E-state index contributed by atoms with van der Waals surface area (Å²) in [5, 5.41) is 3.62. The molecule has 92 valence electrons. The van der Waals surface area contributed by atoms with Gasteiger partial charge in [0.25, 0.3) is 0 Å². The fourth-order valence-electron chi connectivity index (χ4n) is 3.30. The Morgan fingerprint density at radius 2 is 1.88 bits per heavy atom. The normalized spacial score (nSPS) is 36.6. The Bertz CT molecular complexity index is 239. The second kappa shape index (κ2) is 4.63. The summed E-state index contributed by atoms with van der Waals surface area (Å²) in [6.45, 7) is 5.08. The van der Waals surface area contributed by atoms with E-state index in [1.807, 2.05) is 0 Å². The first-order chi connectivity index (χ1) is 7.83. The maximum Gasteiger partial charge on any atom is 0.0223 e. The highest BCUT2D eigenvalue weighted by Crippen LogP contribution is 2.28. The van der Waals surface area contributed by atoms with Crippen molar-refractivity contribution in [1.29, 1.82) is 0 Å². The van der Waals surface area contributed by atoms with Gasteiger partial charge in [-0.2, -0.15) is 0 Å². The summed E-state index contributed by atoms with van der Waals surface area (Å²) >= 11 is 0. The zero-order valence-electron chi connectivity index (χ0n) is 10.5. The lowest BCUT2D eigenvalue weighted by Crippen LogP contribution is -2.39. The van der Waals surface area contributed by atoms with Gasteiger partial charge in [-0.1, -0.05) is 0 Å². The number of fused-ring (bicyclic) bond motifs is 2. The molecule has 2 heterocycles. The van der Waals surface area contributed by atoms with Crippen LogP contribution in [0.1, 0.15) is 32.1 Å². The van der Waals surface area contributed by atoms with Crippen LogP contribution in [0.5, 0.6) is 0 Å². The molecule has 3 nitrogen and oxygen atoms in total. The van der Waals surface area contributed by atoms with E-state index in [1.165, 1.54) is 58.3 Å². The molecule has 2 saturated heterocycles. The molecule has 2 atom stereocenters. The molecule has 3 aliphatic rings. The van der Waals surface area contributed by atoms with Crippen molar-refractivity contribution in [3.63, 3.8) is 0 Å². The molecule has 3 fully saturated rings. The Balaban J connectivity index is 1.45. The van der Waals surface area contributed by atoms with Crippen molar-refractivity contribution in [2.24, 2.45) is 0 Å². The molecule has 0 aromatic rings. The van der Waals surface area contributed by atoms with Crippen LogP contribution in [0.2, 0.25) is 0 Å². The molecule has 3 rings (SSSR count). The fourth-order valence-corrected chi connectivity index (χ4v) is 3.30. The zero-order valence-corrected chi connectivity index (χ0v) is 10.5. The first kappa shape index (κ1) is 11.0. The molecular formula is C13H25N3. The van der Waals surface area contributed by atoms with E-state index in [1.54, 1.807) is 0 Å². The molecule has 2 bridgehead atoms. The smallest absolute Gasteiger partial charge is 0.0223 e. The Morgan fingerprint density at radius 3 is 2.69 bits per heavy atom. The minimum absolute atomic E-state index is 0.841. The minimum atomic E-state index is 0.841. The van der Waals surface area contributed by atoms with E-state index < -0.39 is 0 Å². The molecule has 2 unspecified atom stereocenters. The summed E-state index contributed by atoms with van der Waals surface area (Å²) < 4.78 is 0. The van der Waals surface area contributed by atoms with Crippen LogP contribution >= 0.6 is 0 Å². The largest absolute Gasteiger partial charge is 0.313 e. The van der Waals surface area contributed by atoms with Gasteiger partial charge in [0.15, 0.2) is 0 Å². The Labute approximate surface area is 99.2 Å². The summed E-state index contributed by atoms with van der Waals surface area (Å²) in [7, 11) is 2.33. The molecule has 1 saturated carbocycles. The van der Waals surface area contributed by atoms with Crippen LogP contribution in [0.4, 0.5) is 0 Å². The van der Waals surface area contributed by atoms with Crippen LogP contribution in [-0.4, -0.2) is 61.2 Å². The van der Waals surface area contributed by atoms with E-state index in [2.05, 4.69) is 22.2 Å². The third-order valence-corrected chi connectivity index (χ3v) is 4.67. The second-order valence-corrected chi connectivity index (χ2v) is 5.87. The van der Waals surface area contributed by atoms with Gasteiger partial charge in [0.05, 0.1) is 0 Å². The lowest BCUT2D eigenvalue weighted by molar-refractivity contribution is 0.219. The number of likely N-dealkylation sites (tertiary alicyclic amines) is 1. The summed E-state index contributed by atoms with van der Waals surface area (Å²) in [6, 6.07) is 2.59. The van der Waals surface area contributed by atoms with Crippen LogP contribution in [0.25, 0.3) is 0 Å². The maximum absolute atomic E-state index is 3.62. The topological polar surface area (TPSA) is 18.5 Å². The van der Waals surface area contributed by atoms with Crippen molar-refractivity contribution in [1.82, 2.24) is 15.1 Å². The fraction of sp³-hybridized carbons (Fsp3) is 1.00. The van der Waals surface area contributed by atoms with Crippen LogP contribution in [0, 0.1) is 0 Å². The number of nitrogens with zero attached hydrogens (tertiary/aromatic N) is 2. The minimum Gasteiger partial charge on any atom is -0.313 e. The first-order valence-corrected chi connectivity index (χ1v) is 7.00. The van der Waals surface area contributed by atoms with E-state index >= 15 is 0 Å². The molecule has 0 spiro atoms. The molecule has 3 heteroatoms. The second-order valence-electron chi connectivity index (χ2n) is 5.87. The molecule has 1 N–H and O–H groups in total.